The molecule has 1 heterocycles. The van der Waals surface area contributed by atoms with Crippen LogP contribution < -0.4 is 5.32 Å². The molecule has 31 heavy (non-hydrogen) atoms. The van der Waals surface area contributed by atoms with Crippen LogP contribution in [0, 0.1) is 5.82 Å². The summed E-state index contributed by atoms with van der Waals surface area (Å²) in [5.74, 6) is 0.403. The van der Waals surface area contributed by atoms with Crippen LogP contribution in [0.5, 0.6) is 0 Å². The number of nitrogens with zero attached hydrogens (tertiary/aromatic N) is 3. The Kier molecular flexibility index (Phi) is 7.35. The lowest BCUT2D eigenvalue weighted by Crippen LogP contribution is -2.35. The molecule has 0 bridgehead atoms. The molecule has 0 spiro atoms. The topological polar surface area (TPSA) is 59.8 Å². The van der Waals surface area contributed by atoms with Crippen molar-refractivity contribution in [2.24, 2.45) is 0 Å². The van der Waals surface area contributed by atoms with E-state index >= 15 is 0 Å². The largest absolute Gasteiger partial charge is 0.353 e. The smallest absolute Gasteiger partial charge is 0.230 e. The number of hydrogen-bond acceptors (Lipinski definition) is 4. The van der Waals surface area contributed by atoms with Crippen molar-refractivity contribution in [3.8, 4) is 11.4 Å². The minimum absolute atomic E-state index is 0.0126. The normalized spacial score (nSPS) is 14.9. The lowest BCUT2D eigenvalue weighted by molar-refractivity contribution is -0.119. The minimum Gasteiger partial charge on any atom is -0.353 e. The lowest BCUT2D eigenvalue weighted by atomic mass is 10.1. The Bertz CT molecular complexity index is 1000. The van der Waals surface area contributed by atoms with Gasteiger partial charge in [-0.15, -0.1) is 10.2 Å². The van der Waals surface area contributed by atoms with E-state index in [0.717, 1.165) is 18.4 Å². The molecule has 0 radical (unpaired) electrons. The molecule has 5 nitrogen and oxygen atoms in total. The number of nitrogens with one attached hydrogen (secondary N) is 1. The van der Waals surface area contributed by atoms with Crippen molar-refractivity contribution in [2.75, 3.05) is 5.75 Å². The van der Waals surface area contributed by atoms with E-state index in [1.54, 1.807) is 18.2 Å². The molecule has 1 N–H and O–H groups in total. The highest BCUT2D eigenvalue weighted by molar-refractivity contribution is 7.99. The standard InChI is InChI=1S/C24H27FN4OS/c25-21-15-9-8-14-20(21)23-27-28-24(29(23)16-18-10-4-3-5-11-18)31-17-22(30)26-19-12-6-1-2-7-13-19/h3-5,8-11,14-15,19H,1-2,6-7,12-13,16-17H2,(H,26,30). The Morgan fingerprint density at radius 2 is 1.71 bits per heavy atom. The van der Waals surface area contributed by atoms with Crippen LogP contribution in [0.1, 0.15) is 44.1 Å². The van der Waals surface area contributed by atoms with E-state index in [1.807, 2.05) is 34.9 Å². The van der Waals surface area contributed by atoms with Gasteiger partial charge in [0.25, 0.3) is 0 Å². The molecule has 1 saturated carbocycles. The first-order valence-electron chi connectivity index (χ1n) is 10.8. The highest BCUT2D eigenvalue weighted by Gasteiger charge is 2.20. The number of benzene rings is 2. The third-order valence-corrected chi connectivity index (χ3v) is 6.53. The number of hydrogen-bond donors (Lipinski definition) is 1. The summed E-state index contributed by atoms with van der Waals surface area (Å²) in [6, 6.07) is 16.8. The molecular formula is C24H27FN4OS. The first kappa shape index (κ1) is 21.6. The van der Waals surface area contributed by atoms with E-state index in [2.05, 4.69) is 15.5 Å². The molecule has 7 heteroatoms. The van der Waals surface area contributed by atoms with Gasteiger partial charge in [-0.2, -0.15) is 0 Å². The molecule has 4 rings (SSSR count). The van der Waals surface area contributed by atoms with Crippen LogP contribution in [-0.2, 0) is 11.3 Å². The van der Waals surface area contributed by atoms with E-state index in [1.165, 1.54) is 43.5 Å². The molecule has 1 fully saturated rings. The van der Waals surface area contributed by atoms with Crippen molar-refractivity contribution in [3.05, 3.63) is 66.0 Å². The number of rotatable bonds is 7. The fourth-order valence-corrected chi connectivity index (χ4v) is 4.72. The molecular weight excluding hydrogens is 411 g/mol. The number of halogens is 1. The molecule has 0 unspecified atom stereocenters. The minimum atomic E-state index is -0.341. The quantitative estimate of drug-likeness (QED) is 0.414. The molecule has 1 aliphatic rings. The van der Waals surface area contributed by atoms with Gasteiger partial charge in [0.15, 0.2) is 11.0 Å². The molecule has 162 valence electrons. The predicted molar refractivity (Wildman–Crippen MR) is 121 cm³/mol. The lowest BCUT2D eigenvalue weighted by Gasteiger charge is -2.16. The third-order valence-electron chi connectivity index (χ3n) is 5.57. The molecule has 1 aromatic heterocycles. The summed E-state index contributed by atoms with van der Waals surface area (Å²) in [6.07, 6.45) is 6.96. The van der Waals surface area contributed by atoms with Gasteiger partial charge in [-0.1, -0.05) is 79.9 Å². The maximum Gasteiger partial charge on any atom is 0.230 e. The van der Waals surface area contributed by atoms with Gasteiger partial charge in [0, 0.05) is 6.04 Å². The Hall–Kier alpha value is -2.67. The summed E-state index contributed by atoms with van der Waals surface area (Å²) >= 11 is 1.34. The van der Waals surface area contributed by atoms with Crippen LogP contribution in [0.2, 0.25) is 0 Å². The van der Waals surface area contributed by atoms with Crippen molar-refractivity contribution in [3.63, 3.8) is 0 Å². The number of amides is 1. The Balaban J connectivity index is 1.51. The molecule has 2 aromatic carbocycles. The first-order valence-corrected chi connectivity index (χ1v) is 11.8. The highest BCUT2D eigenvalue weighted by atomic mass is 32.2. The zero-order valence-electron chi connectivity index (χ0n) is 17.5. The average Bonchev–Trinajstić information content (AvgIpc) is 2.99. The Labute approximate surface area is 186 Å². The predicted octanol–water partition coefficient (Wildman–Crippen LogP) is 5.06. The van der Waals surface area contributed by atoms with Crippen molar-refractivity contribution in [1.82, 2.24) is 20.1 Å². The van der Waals surface area contributed by atoms with Crippen molar-refractivity contribution in [2.45, 2.75) is 56.3 Å². The molecule has 0 aliphatic heterocycles. The monoisotopic (exact) mass is 438 g/mol. The van der Waals surface area contributed by atoms with Gasteiger partial charge in [-0.3, -0.25) is 9.36 Å². The summed E-state index contributed by atoms with van der Waals surface area (Å²) in [4.78, 5) is 12.5. The van der Waals surface area contributed by atoms with Gasteiger partial charge in [-0.25, -0.2) is 4.39 Å². The highest BCUT2D eigenvalue weighted by Crippen LogP contribution is 2.27. The van der Waals surface area contributed by atoms with Gasteiger partial charge >= 0.3 is 0 Å². The number of carbonyl (C=O) groups is 1. The van der Waals surface area contributed by atoms with Gasteiger partial charge in [0.2, 0.25) is 5.91 Å². The van der Waals surface area contributed by atoms with Crippen LogP contribution >= 0.6 is 11.8 Å². The van der Waals surface area contributed by atoms with E-state index in [4.69, 9.17) is 0 Å². The fourth-order valence-electron chi connectivity index (χ4n) is 3.97. The van der Waals surface area contributed by atoms with Crippen molar-refractivity contribution in [1.29, 1.82) is 0 Å². The number of carbonyl (C=O) groups excluding carboxylic acids is 1. The van der Waals surface area contributed by atoms with Crippen molar-refractivity contribution >= 4 is 17.7 Å². The summed E-state index contributed by atoms with van der Waals surface area (Å²) < 4.78 is 16.3. The SMILES string of the molecule is O=C(CSc1nnc(-c2ccccc2F)n1Cc1ccccc1)NC1CCCCCC1. The van der Waals surface area contributed by atoms with Gasteiger partial charge in [-0.05, 0) is 30.5 Å². The Morgan fingerprint density at radius 3 is 2.45 bits per heavy atom. The fraction of sp³-hybridized carbons (Fsp3) is 0.375. The summed E-state index contributed by atoms with van der Waals surface area (Å²) in [7, 11) is 0. The molecule has 0 atom stereocenters. The van der Waals surface area contributed by atoms with E-state index in [0.29, 0.717) is 23.1 Å². The number of aromatic nitrogens is 3. The van der Waals surface area contributed by atoms with Crippen LogP contribution in [0.15, 0.2) is 59.8 Å². The van der Waals surface area contributed by atoms with Gasteiger partial charge < -0.3 is 5.32 Å². The summed E-state index contributed by atoms with van der Waals surface area (Å²) in [5, 5.41) is 12.3. The Morgan fingerprint density at radius 1 is 1.00 bits per heavy atom. The zero-order valence-corrected chi connectivity index (χ0v) is 18.3. The average molecular weight is 439 g/mol. The summed E-state index contributed by atoms with van der Waals surface area (Å²) in [5.41, 5.74) is 1.46. The molecule has 1 amide bonds. The van der Waals surface area contributed by atoms with Crippen LogP contribution in [0.3, 0.4) is 0 Å². The van der Waals surface area contributed by atoms with E-state index in [-0.39, 0.29) is 23.5 Å². The van der Waals surface area contributed by atoms with Gasteiger partial charge in [0.05, 0.1) is 17.9 Å². The van der Waals surface area contributed by atoms with Gasteiger partial charge in [0.1, 0.15) is 5.82 Å². The molecule has 1 aliphatic carbocycles. The number of thioether (sulfide) groups is 1. The second-order valence-electron chi connectivity index (χ2n) is 7.90. The van der Waals surface area contributed by atoms with Crippen LogP contribution in [0.25, 0.3) is 11.4 Å². The van der Waals surface area contributed by atoms with E-state index < -0.39 is 0 Å². The molecule has 3 aromatic rings. The van der Waals surface area contributed by atoms with E-state index in [9.17, 15) is 9.18 Å². The first-order chi connectivity index (χ1) is 15.2. The van der Waals surface area contributed by atoms with Crippen LogP contribution in [-0.4, -0.2) is 32.5 Å². The maximum absolute atomic E-state index is 14.5. The molecule has 0 saturated heterocycles. The summed E-state index contributed by atoms with van der Waals surface area (Å²) in [6.45, 7) is 0.504. The maximum atomic E-state index is 14.5. The zero-order chi connectivity index (χ0) is 21.5. The second kappa shape index (κ2) is 10.6. The van der Waals surface area contributed by atoms with Crippen LogP contribution in [0.4, 0.5) is 4.39 Å². The van der Waals surface area contributed by atoms with Crippen molar-refractivity contribution < 1.29 is 9.18 Å². The third kappa shape index (κ3) is 5.73. The second-order valence-corrected chi connectivity index (χ2v) is 8.84.